The average Bonchev–Trinajstić information content (AvgIpc) is 2.80. The Balaban J connectivity index is 2.33. The van der Waals surface area contributed by atoms with Crippen LogP contribution in [0.3, 0.4) is 0 Å². The van der Waals surface area contributed by atoms with Gasteiger partial charge in [0, 0.05) is 16.4 Å². The summed E-state index contributed by atoms with van der Waals surface area (Å²) in [6, 6.07) is 6.80. The number of rotatable bonds is 2. The third kappa shape index (κ3) is 2.56. The summed E-state index contributed by atoms with van der Waals surface area (Å²) in [7, 11) is 0. The largest absolute Gasteiger partial charge is 0.279 e. The summed E-state index contributed by atoms with van der Waals surface area (Å²) >= 11 is 9.63. The summed E-state index contributed by atoms with van der Waals surface area (Å²) in [6.07, 6.45) is 1.71. The Morgan fingerprint density at radius 3 is 2.76 bits per heavy atom. The van der Waals surface area contributed by atoms with E-state index in [1.54, 1.807) is 25.3 Å². The first-order valence-electron chi connectivity index (χ1n) is 6.42. The van der Waals surface area contributed by atoms with Gasteiger partial charge < -0.3 is 0 Å². The van der Waals surface area contributed by atoms with E-state index in [-0.39, 0.29) is 11.2 Å². The van der Waals surface area contributed by atoms with Gasteiger partial charge in [-0.05, 0) is 59.6 Å². The molecule has 1 aromatic carbocycles. The van der Waals surface area contributed by atoms with E-state index in [0.29, 0.717) is 17.0 Å². The number of fused-ring (bicyclic) bond motifs is 1. The Hall–Kier alpha value is -1.46. The van der Waals surface area contributed by atoms with Crippen molar-refractivity contribution in [2.24, 2.45) is 0 Å². The van der Waals surface area contributed by atoms with Gasteiger partial charge in [-0.3, -0.25) is 4.57 Å². The maximum Gasteiger partial charge on any atom is 0.164 e. The SMILES string of the molecule is Cc1cc(-n2c(C(C)Cl)nc3cc(Br)cnc32)ccc1F. The molecule has 0 bridgehead atoms. The third-order valence-corrected chi connectivity index (χ3v) is 3.87. The molecule has 21 heavy (non-hydrogen) atoms. The van der Waals surface area contributed by atoms with Crippen molar-refractivity contribution in [3.8, 4) is 5.69 Å². The quantitative estimate of drug-likeness (QED) is 0.600. The number of pyridine rings is 1. The number of hydrogen-bond acceptors (Lipinski definition) is 2. The van der Waals surface area contributed by atoms with Gasteiger partial charge in [-0.1, -0.05) is 0 Å². The van der Waals surface area contributed by atoms with Crippen molar-refractivity contribution in [2.75, 3.05) is 0 Å². The van der Waals surface area contributed by atoms with Crippen LogP contribution in [0, 0.1) is 12.7 Å². The molecular weight excluding hydrogens is 357 g/mol. The molecule has 2 aromatic heterocycles. The number of aromatic nitrogens is 3. The fourth-order valence-corrected chi connectivity index (χ4v) is 2.71. The summed E-state index contributed by atoms with van der Waals surface area (Å²) in [6.45, 7) is 3.58. The van der Waals surface area contributed by atoms with Gasteiger partial charge in [-0.25, -0.2) is 14.4 Å². The number of nitrogens with zero attached hydrogens (tertiary/aromatic N) is 3. The summed E-state index contributed by atoms with van der Waals surface area (Å²) < 4.78 is 16.2. The van der Waals surface area contributed by atoms with Crippen LogP contribution in [0.2, 0.25) is 0 Å². The first-order chi connectivity index (χ1) is 9.97. The molecule has 3 aromatic rings. The van der Waals surface area contributed by atoms with Crippen LogP contribution < -0.4 is 0 Å². The van der Waals surface area contributed by atoms with Gasteiger partial charge in [0.25, 0.3) is 0 Å². The molecule has 0 radical (unpaired) electrons. The molecule has 2 heterocycles. The topological polar surface area (TPSA) is 30.7 Å². The highest BCUT2D eigenvalue weighted by Crippen LogP contribution is 2.29. The Bertz CT molecular complexity index is 829. The van der Waals surface area contributed by atoms with Crippen LogP contribution in [0.5, 0.6) is 0 Å². The molecule has 0 aliphatic carbocycles. The van der Waals surface area contributed by atoms with E-state index >= 15 is 0 Å². The molecular formula is C15H12BrClFN3. The van der Waals surface area contributed by atoms with Crippen LogP contribution in [-0.4, -0.2) is 14.5 Å². The van der Waals surface area contributed by atoms with Crippen molar-refractivity contribution in [1.82, 2.24) is 14.5 Å². The fraction of sp³-hybridized carbons (Fsp3) is 0.200. The van der Waals surface area contributed by atoms with E-state index in [1.165, 1.54) is 6.07 Å². The number of aryl methyl sites for hydroxylation is 1. The molecule has 0 saturated carbocycles. The molecule has 0 amide bonds. The van der Waals surface area contributed by atoms with Crippen molar-refractivity contribution < 1.29 is 4.39 Å². The van der Waals surface area contributed by atoms with Crippen LogP contribution in [0.15, 0.2) is 34.9 Å². The normalized spacial score (nSPS) is 12.8. The molecule has 3 nitrogen and oxygen atoms in total. The smallest absolute Gasteiger partial charge is 0.164 e. The summed E-state index contributed by atoms with van der Waals surface area (Å²) in [4.78, 5) is 8.96. The van der Waals surface area contributed by atoms with Crippen LogP contribution >= 0.6 is 27.5 Å². The van der Waals surface area contributed by atoms with Gasteiger partial charge >= 0.3 is 0 Å². The predicted molar refractivity (Wildman–Crippen MR) is 85.5 cm³/mol. The highest BCUT2D eigenvalue weighted by Gasteiger charge is 2.18. The van der Waals surface area contributed by atoms with Crippen molar-refractivity contribution in [1.29, 1.82) is 0 Å². The first kappa shape index (κ1) is 14.5. The van der Waals surface area contributed by atoms with E-state index < -0.39 is 0 Å². The minimum absolute atomic E-state index is 0.237. The lowest BCUT2D eigenvalue weighted by Gasteiger charge is -2.11. The average molecular weight is 369 g/mol. The standard InChI is InChI=1S/C15H12BrClFN3/c1-8-5-11(3-4-12(8)18)21-14(9(2)17)20-13-6-10(16)7-19-15(13)21/h3-7,9H,1-2H3. The molecule has 0 aliphatic heterocycles. The van der Waals surface area contributed by atoms with Crippen molar-refractivity contribution in [3.63, 3.8) is 0 Å². The zero-order chi connectivity index (χ0) is 15.1. The fourth-order valence-electron chi connectivity index (χ4n) is 2.25. The lowest BCUT2D eigenvalue weighted by molar-refractivity contribution is 0.618. The van der Waals surface area contributed by atoms with Crippen LogP contribution in [-0.2, 0) is 0 Å². The number of imidazole rings is 1. The number of hydrogen-bond donors (Lipinski definition) is 0. The molecule has 3 rings (SSSR count). The minimum Gasteiger partial charge on any atom is -0.279 e. The second-order valence-corrected chi connectivity index (χ2v) is 6.42. The molecule has 6 heteroatoms. The van der Waals surface area contributed by atoms with Crippen LogP contribution in [0.4, 0.5) is 4.39 Å². The molecule has 108 valence electrons. The predicted octanol–water partition coefficient (Wildman–Crippen LogP) is 4.93. The molecule has 0 saturated heterocycles. The van der Waals surface area contributed by atoms with Gasteiger partial charge in [-0.2, -0.15) is 0 Å². The van der Waals surface area contributed by atoms with Crippen LogP contribution in [0.1, 0.15) is 23.7 Å². The Morgan fingerprint density at radius 2 is 2.10 bits per heavy atom. The number of benzene rings is 1. The van der Waals surface area contributed by atoms with Gasteiger partial charge in [-0.15, -0.1) is 11.6 Å². The molecule has 0 fully saturated rings. The van der Waals surface area contributed by atoms with Crippen molar-refractivity contribution in [2.45, 2.75) is 19.2 Å². The van der Waals surface area contributed by atoms with Crippen molar-refractivity contribution in [3.05, 3.63) is 52.1 Å². The Labute approximate surface area is 134 Å². The summed E-state index contributed by atoms with van der Waals surface area (Å²) in [5.74, 6) is 0.447. The van der Waals surface area contributed by atoms with E-state index in [0.717, 1.165) is 15.7 Å². The maximum absolute atomic E-state index is 13.5. The molecule has 1 unspecified atom stereocenters. The summed E-state index contributed by atoms with van der Waals surface area (Å²) in [5.41, 5.74) is 2.81. The van der Waals surface area contributed by atoms with E-state index in [4.69, 9.17) is 11.6 Å². The van der Waals surface area contributed by atoms with Gasteiger partial charge in [0.15, 0.2) is 5.65 Å². The zero-order valence-corrected chi connectivity index (χ0v) is 13.8. The first-order valence-corrected chi connectivity index (χ1v) is 7.65. The Morgan fingerprint density at radius 1 is 1.33 bits per heavy atom. The molecule has 1 atom stereocenters. The van der Waals surface area contributed by atoms with Crippen LogP contribution in [0.25, 0.3) is 16.9 Å². The molecule has 0 spiro atoms. The van der Waals surface area contributed by atoms with Gasteiger partial charge in [0.05, 0.1) is 5.38 Å². The zero-order valence-electron chi connectivity index (χ0n) is 11.4. The summed E-state index contributed by atoms with van der Waals surface area (Å²) in [5, 5.41) is -0.289. The van der Waals surface area contributed by atoms with E-state index in [9.17, 15) is 4.39 Å². The monoisotopic (exact) mass is 367 g/mol. The lowest BCUT2D eigenvalue weighted by Crippen LogP contribution is -2.03. The Kier molecular flexibility index (Phi) is 3.71. The molecule has 0 aliphatic rings. The van der Waals surface area contributed by atoms with Gasteiger partial charge in [0.1, 0.15) is 17.2 Å². The molecule has 0 N–H and O–H groups in total. The second kappa shape index (κ2) is 5.39. The lowest BCUT2D eigenvalue weighted by atomic mass is 10.2. The highest BCUT2D eigenvalue weighted by atomic mass is 79.9. The van der Waals surface area contributed by atoms with E-state index in [1.807, 2.05) is 17.6 Å². The highest BCUT2D eigenvalue weighted by molar-refractivity contribution is 9.10. The van der Waals surface area contributed by atoms with Gasteiger partial charge in [0.2, 0.25) is 0 Å². The second-order valence-electron chi connectivity index (χ2n) is 4.85. The van der Waals surface area contributed by atoms with Crippen molar-refractivity contribution >= 4 is 38.7 Å². The van der Waals surface area contributed by atoms with E-state index in [2.05, 4.69) is 25.9 Å². The number of alkyl halides is 1. The minimum atomic E-state index is -0.289. The number of halogens is 3. The third-order valence-electron chi connectivity index (χ3n) is 3.25. The maximum atomic E-state index is 13.5.